The normalized spacial score (nSPS) is 11.0. The monoisotopic (exact) mass is 341 g/mol. The Balaban J connectivity index is 2.24. The van der Waals surface area contributed by atoms with Crippen molar-refractivity contribution in [1.29, 1.82) is 0 Å². The van der Waals surface area contributed by atoms with Crippen LogP contribution in [0.25, 0.3) is 0 Å². The Hall–Kier alpha value is -2.90. The molecular weight excluding hydrogens is 330 g/mol. The standard InChI is InChI=1S/C16H11F4NO3/c1-24-14-10(8-22)6-9(7-13(14)17)15(23)21-12-4-2-11(3-5-12)16(18,19)20/h2-8H,1H3,(H,21,23). The maximum Gasteiger partial charge on any atom is 0.416 e. The predicted molar refractivity (Wildman–Crippen MR) is 77.7 cm³/mol. The summed E-state index contributed by atoms with van der Waals surface area (Å²) >= 11 is 0. The van der Waals surface area contributed by atoms with Crippen molar-refractivity contribution in [2.75, 3.05) is 12.4 Å². The Morgan fingerprint density at radius 3 is 2.29 bits per heavy atom. The van der Waals surface area contributed by atoms with Gasteiger partial charge in [-0.3, -0.25) is 9.59 Å². The van der Waals surface area contributed by atoms with Crippen molar-refractivity contribution in [3.8, 4) is 5.75 Å². The summed E-state index contributed by atoms with van der Waals surface area (Å²) in [5, 5.41) is 2.32. The van der Waals surface area contributed by atoms with E-state index in [-0.39, 0.29) is 22.6 Å². The van der Waals surface area contributed by atoms with E-state index in [4.69, 9.17) is 4.74 Å². The van der Waals surface area contributed by atoms with Crippen molar-refractivity contribution in [3.05, 3.63) is 58.9 Å². The number of aldehydes is 1. The maximum atomic E-state index is 13.8. The molecule has 8 heteroatoms. The van der Waals surface area contributed by atoms with Crippen molar-refractivity contribution in [2.45, 2.75) is 6.18 Å². The van der Waals surface area contributed by atoms with Gasteiger partial charge in [0.15, 0.2) is 17.9 Å². The van der Waals surface area contributed by atoms with Gasteiger partial charge in [0.05, 0.1) is 18.2 Å². The van der Waals surface area contributed by atoms with E-state index in [0.717, 1.165) is 36.4 Å². The Morgan fingerprint density at radius 2 is 1.79 bits per heavy atom. The topological polar surface area (TPSA) is 55.4 Å². The fourth-order valence-corrected chi connectivity index (χ4v) is 1.99. The second-order valence-electron chi connectivity index (χ2n) is 4.73. The summed E-state index contributed by atoms with van der Waals surface area (Å²) in [6.07, 6.45) is -4.16. The lowest BCUT2D eigenvalue weighted by Gasteiger charge is -2.10. The van der Waals surface area contributed by atoms with Crippen LogP contribution >= 0.6 is 0 Å². The molecule has 1 amide bonds. The first-order valence-corrected chi connectivity index (χ1v) is 6.57. The molecule has 0 aromatic heterocycles. The fraction of sp³-hybridized carbons (Fsp3) is 0.125. The van der Waals surface area contributed by atoms with E-state index in [1.165, 1.54) is 7.11 Å². The lowest BCUT2D eigenvalue weighted by molar-refractivity contribution is -0.137. The van der Waals surface area contributed by atoms with Gasteiger partial charge in [-0.25, -0.2) is 4.39 Å². The molecule has 4 nitrogen and oxygen atoms in total. The average Bonchev–Trinajstić information content (AvgIpc) is 2.53. The number of hydrogen-bond donors (Lipinski definition) is 1. The average molecular weight is 341 g/mol. The molecule has 1 N–H and O–H groups in total. The van der Waals surface area contributed by atoms with E-state index in [1.54, 1.807) is 0 Å². The SMILES string of the molecule is COc1c(F)cc(C(=O)Nc2ccc(C(F)(F)F)cc2)cc1C=O. The maximum absolute atomic E-state index is 13.8. The van der Waals surface area contributed by atoms with E-state index in [0.29, 0.717) is 6.29 Å². The first kappa shape index (κ1) is 17.5. The minimum absolute atomic E-state index is 0.0943. The van der Waals surface area contributed by atoms with E-state index in [1.807, 2.05) is 0 Å². The smallest absolute Gasteiger partial charge is 0.416 e. The molecule has 2 aromatic rings. The number of amides is 1. The van der Waals surface area contributed by atoms with Gasteiger partial charge in [-0.2, -0.15) is 13.2 Å². The van der Waals surface area contributed by atoms with Gasteiger partial charge in [0.1, 0.15) is 0 Å². The minimum Gasteiger partial charge on any atom is -0.493 e. The summed E-state index contributed by atoms with van der Waals surface area (Å²) in [4.78, 5) is 23.0. The van der Waals surface area contributed by atoms with Crippen LogP contribution < -0.4 is 10.1 Å². The van der Waals surface area contributed by atoms with Crippen LogP contribution in [0.3, 0.4) is 0 Å². The summed E-state index contributed by atoms with van der Waals surface area (Å²) < 4.78 is 55.9. The summed E-state index contributed by atoms with van der Waals surface area (Å²) in [5.41, 5.74) is -1.10. The molecule has 0 fully saturated rings. The first-order valence-electron chi connectivity index (χ1n) is 6.57. The van der Waals surface area contributed by atoms with Crippen LogP contribution in [0.1, 0.15) is 26.3 Å². The Labute approximate surface area is 134 Å². The molecule has 0 bridgehead atoms. The molecule has 0 aliphatic rings. The van der Waals surface area contributed by atoms with Gasteiger partial charge in [-0.05, 0) is 36.4 Å². The van der Waals surface area contributed by atoms with E-state index in [9.17, 15) is 27.2 Å². The Kier molecular flexibility index (Phi) is 4.87. The number of carbonyl (C=O) groups is 2. The second kappa shape index (κ2) is 6.69. The number of alkyl halides is 3. The number of anilines is 1. The predicted octanol–water partition coefficient (Wildman–Crippen LogP) is 3.92. The summed E-state index contributed by atoms with van der Waals surface area (Å²) in [7, 11) is 1.17. The molecule has 0 aliphatic heterocycles. The number of rotatable bonds is 4. The van der Waals surface area contributed by atoms with Gasteiger partial charge < -0.3 is 10.1 Å². The van der Waals surface area contributed by atoms with Gasteiger partial charge in [0, 0.05) is 11.3 Å². The molecule has 0 unspecified atom stereocenters. The van der Waals surface area contributed by atoms with Crippen LogP contribution in [-0.4, -0.2) is 19.3 Å². The third-order valence-electron chi connectivity index (χ3n) is 3.14. The number of nitrogens with one attached hydrogen (secondary N) is 1. The first-order chi connectivity index (χ1) is 11.3. The quantitative estimate of drug-likeness (QED) is 0.677. The molecule has 0 saturated heterocycles. The third kappa shape index (κ3) is 3.70. The highest BCUT2D eigenvalue weighted by atomic mass is 19.4. The summed E-state index contributed by atoms with van der Waals surface area (Å²) in [5.74, 6) is -1.98. The molecule has 0 radical (unpaired) electrons. The molecular formula is C16H11F4NO3. The molecule has 0 heterocycles. The van der Waals surface area contributed by atoms with Gasteiger partial charge in [-0.1, -0.05) is 0 Å². The van der Waals surface area contributed by atoms with Crippen LogP contribution in [-0.2, 0) is 6.18 Å². The van der Waals surface area contributed by atoms with Crippen molar-refractivity contribution in [1.82, 2.24) is 0 Å². The fourth-order valence-electron chi connectivity index (χ4n) is 1.99. The molecule has 0 atom stereocenters. The highest BCUT2D eigenvalue weighted by Gasteiger charge is 2.30. The number of methoxy groups -OCH3 is 1. The molecule has 24 heavy (non-hydrogen) atoms. The second-order valence-corrected chi connectivity index (χ2v) is 4.73. The third-order valence-corrected chi connectivity index (χ3v) is 3.14. The van der Waals surface area contributed by atoms with Gasteiger partial charge in [0.25, 0.3) is 5.91 Å². The number of halogens is 4. The van der Waals surface area contributed by atoms with E-state index >= 15 is 0 Å². The molecule has 126 valence electrons. The van der Waals surface area contributed by atoms with Crippen LogP contribution in [0.15, 0.2) is 36.4 Å². The van der Waals surface area contributed by atoms with Gasteiger partial charge in [-0.15, -0.1) is 0 Å². The van der Waals surface area contributed by atoms with E-state index < -0.39 is 23.5 Å². The minimum atomic E-state index is -4.49. The van der Waals surface area contributed by atoms with Gasteiger partial charge in [0.2, 0.25) is 0 Å². The number of hydrogen-bond acceptors (Lipinski definition) is 3. The molecule has 0 aliphatic carbocycles. The molecule has 2 aromatic carbocycles. The number of benzene rings is 2. The molecule has 2 rings (SSSR count). The largest absolute Gasteiger partial charge is 0.493 e. The van der Waals surface area contributed by atoms with Crippen molar-refractivity contribution >= 4 is 17.9 Å². The number of carbonyl (C=O) groups excluding carboxylic acids is 2. The highest BCUT2D eigenvalue weighted by Crippen LogP contribution is 2.30. The van der Waals surface area contributed by atoms with Crippen molar-refractivity contribution < 1.29 is 31.9 Å². The van der Waals surface area contributed by atoms with E-state index in [2.05, 4.69) is 5.32 Å². The number of ether oxygens (including phenoxy) is 1. The molecule has 0 spiro atoms. The molecule has 0 saturated carbocycles. The summed E-state index contributed by atoms with van der Waals surface area (Å²) in [6, 6.07) is 5.74. The zero-order chi connectivity index (χ0) is 17.9. The van der Waals surface area contributed by atoms with Crippen molar-refractivity contribution in [2.24, 2.45) is 0 Å². The Bertz CT molecular complexity index is 770. The zero-order valence-electron chi connectivity index (χ0n) is 12.3. The van der Waals surface area contributed by atoms with Crippen molar-refractivity contribution in [3.63, 3.8) is 0 Å². The van der Waals surface area contributed by atoms with Crippen LogP contribution in [0.4, 0.5) is 23.2 Å². The van der Waals surface area contributed by atoms with Gasteiger partial charge >= 0.3 is 6.18 Å². The Morgan fingerprint density at radius 1 is 1.17 bits per heavy atom. The lowest BCUT2D eigenvalue weighted by atomic mass is 10.1. The summed E-state index contributed by atoms with van der Waals surface area (Å²) in [6.45, 7) is 0. The van der Waals surface area contributed by atoms with Crippen LogP contribution in [0.5, 0.6) is 5.75 Å². The van der Waals surface area contributed by atoms with Crippen LogP contribution in [0.2, 0.25) is 0 Å². The van der Waals surface area contributed by atoms with Crippen LogP contribution in [0, 0.1) is 5.82 Å². The zero-order valence-corrected chi connectivity index (χ0v) is 12.3. The lowest BCUT2D eigenvalue weighted by Crippen LogP contribution is -2.13. The highest BCUT2D eigenvalue weighted by molar-refractivity contribution is 6.05.